The van der Waals surface area contributed by atoms with Gasteiger partial charge in [-0.2, -0.15) is 0 Å². The summed E-state index contributed by atoms with van der Waals surface area (Å²) in [6, 6.07) is 7.54. The number of hydrogen-bond acceptors (Lipinski definition) is 7. The van der Waals surface area contributed by atoms with Gasteiger partial charge in [0.05, 0.1) is 12.2 Å². The quantitative estimate of drug-likeness (QED) is 0.427. The number of carbonyl (C=O) groups excluding carboxylic acids is 2. The van der Waals surface area contributed by atoms with Gasteiger partial charge in [0.2, 0.25) is 11.8 Å². The number of carbonyl (C=O) groups is 2. The minimum absolute atomic E-state index is 0.198. The zero-order valence-corrected chi connectivity index (χ0v) is 20.3. The van der Waals surface area contributed by atoms with Gasteiger partial charge in [0.15, 0.2) is 0 Å². The normalized spacial score (nSPS) is 32.0. The van der Waals surface area contributed by atoms with Crippen LogP contribution >= 0.6 is 11.3 Å². The van der Waals surface area contributed by atoms with Crippen LogP contribution in [0.1, 0.15) is 62.1 Å². The molecule has 2 heterocycles. The molecule has 7 nitrogen and oxygen atoms in total. The van der Waals surface area contributed by atoms with Crippen molar-refractivity contribution in [2.24, 2.45) is 17.8 Å². The molecule has 1 atom stereocenters. The Labute approximate surface area is 204 Å². The maximum absolute atomic E-state index is 11.9. The zero-order valence-electron chi connectivity index (χ0n) is 19.4. The topological polar surface area (TPSA) is 95.2 Å². The lowest BCUT2D eigenvalue weighted by Crippen LogP contribution is -2.58. The Morgan fingerprint density at radius 1 is 0.971 bits per heavy atom. The number of hydrogen-bond donors (Lipinski definition) is 4. The second-order valence-corrected chi connectivity index (χ2v) is 11.8. The highest BCUT2D eigenvalue weighted by molar-refractivity contribution is 7.09. The van der Waals surface area contributed by atoms with Crippen molar-refractivity contribution in [3.05, 3.63) is 40.3 Å². The van der Waals surface area contributed by atoms with Crippen molar-refractivity contribution in [1.82, 2.24) is 15.6 Å². The second-order valence-electron chi connectivity index (χ2n) is 10.9. The summed E-state index contributed by atoms with van der Waals surface area (Å²) in [5.74, 6) is 2.42. The van der Waals surface area contributed by atoms with Gasteiger partial charge in [0.25, 0.3) is 0 Å². The van der Waals surface area contributed by atoms with Gasteiger partial charge in [0.1, 0.15) is 11.0 Å². The Balaban J connectivity index is 0.983. The molecule has 180 valence electrons. The van der Waals surface area contributed by atoms with Crippen LogP contribution in [0.2, 0.25) is 0 Å². The predicted molar refractivity (Wildman–Crippen MR) is 133 cm³/mol. The highest BCUT2D eigenvalue weighted by atomic mass is 32.1. The molecule has 4 N–H and O–H groups in total. The SMILES string of the molecule is O=C1CCC(Nc2ccc(NCc3nc(CNC45CC6CC(CC(C6)C4)C5)cs3)cc2)C(=O)N1. The van der Waals surface area contributed by atoms with Crippen LogP contribution < -0.4 is 21.3 Å². The molecule has 34 heavy (non-hydrogen) atoms. The second kappa shape index (κ2) is 8.96. The van der Waals surface area contributed by atoms with Gasteiger partial charge in [-0.05, 0) is 87.0 Å². The van der Waals surface area contributed by atoms with Crippen molar-refractivity contribution in [3.8, 4) is 0 Å². The van der Waals surface area contributed by atoms with Crippen LogP contribution in [0.4, 0.5) is 11.4 Å². The molecule has 2 amide bonds. The van der Waals surface area contributed by atoms with Crippen LogP contribution in [0.25, 0.3) is 0 Å². The number of nitrogens with one attached hydrogen (secondary N) is 4. The van der Waals surface area contributed by atoms with E-state index in [1.807, 2.05) is 24.3 Å². The smallest absolute Gasteiger partial charge is 0.249 e. The minimum Gasteiger partial charge on any atom is -0.379 e. The summed E-state index contributed by atoms with van der Waals surface area (Å²) in [4.78, 5) is 28.1. The molecule has 7 rings (SSSR count). The fourth-order valence-corrected chi connectivity index (χ4v) is 7.74. The summed E-state index contributed by atoms with van der Waals surface area (Å²) in [5.41, 5.74) is 3.41. The number of rotatable bonds is 8. The van der Waals surface area contributed by atoms with Crippen LogP contribution in [-0.4, -0.2) is 28.4 Å². The molecule has 4 saturated carbocycles. The van der Waals surface area contributed by atoms with Gasteiger partial charge in [-0.3, -0.25) is 14.9 Å². The highest BCUT2D eigenvalue weighted by Gasteiger charge is 2.50. The maximum Gasteiger partial charge on any atom is 0.249 e. The fraction of sp³-hybridized carbons (Fsp3) is 0.577. The Hall–Kier alpha value is -2.45. The standard InChI is InChI=1S/C26H33N5O2S/c32-23-6-5-22(25(33)31-23)29-20-3-1-19(2-4-20)27-14-24-30-21(15-34-24)13-28-26-10-16-7-17(11-26)9-18(8-16)12-26/h1-4,15-18,22,27-29H,5-14H2,(H,31,32,33). The number of benzene rings is 1. The Morgan fingerprint density at radius 3 is 2.32 bits per heavy atom. The summed E-state index contributed by atoms with van der Waals surface area (Å²) in [6.45, 7) is 1.57. The number of anilines is 2. The lowest BCUT2D eigenvalue weighted by Gasteiger charge is -2.57. The van der Waals surface area contributed by atoms with Gasteiger partial charge in [-0.25, -0.2) is 4.98 Å². The molecular formula is C26H33N5O2S. The van der Waals surface area contributed by atoms with E-state index < -0.39 is 0 Å². The average molecular weight is 480 g/mol. The summed E-state index contributed by atoms with van der Waals surface area (Å²) < 4.78 is 0. The van der Waals surface area contributed by atoms with E-state index in [0.29, 0.717) is 24.9 Å². The van der Waals surface area contributed by atoms with E-state index in [-0.39, 0.29) is 17.9 Å². The van der Waals surface area contributed by atoms with E-state index >= 15 is 0 Å². The van der Waals surface area contributed by atoms with Crippen molar-refractivity contribution < 1.29 is 9.59 Å². The van der Waals surface area contributed by atoms with Crippen LogP contribution in [0.3, 0.4) is 0 Å². The first-order valence-corrected chi connectivity index (χ1v) is 13.5. The van der Waals surface area contributed by atoms with Crippen molar-refractivity contribution in [2.45, 2.75) is 76.0 Å². The van der Waals surface area contributed by atoms with Crippen molar-refractivity contribution in [3.63, 3.8) is 0 Å². The first kappa shape index (κ1) is 22.0. The van der Waals surface area contributed by atoms with E-state index in [4.69, 9.17) is 4.98 Å². The van der Waals surface area contributed by atoms with Crippen LogP contribution in [0, 0.1) is 17.8 Å². The molecule has 4 aliphatic carbocycles. The Bertz CT molecular complexity index is 1030. The zero-order chi connectivity index (χ0) is 23.1. The largest absolute Gasteiger partial charge is 0.379 e. The molecule has 1 saturated heterocycles. The maximum atomic E-state index is 11.9. The van der Waals surface area contributed by atoms with Crippen molar-refractivity contribution in [2.75, 3.05) is 10.6 Å². The van der Waals surface area contributed by atoms with Gasteiger partial charge in [-0.1, -0.05) is 0 Å². The predicted octanol–water partition coefficient (Wildman–Crippen LogP) is 4.03. The van der Waals surface area contributed by atoms with E-state index in [0.717, 1.165) is 46.4 Å². The van der Waals surface area contributed by atoms with Gasteiger partial charge < -0.3 is 16.0 Å². The molecule has 0 radical (unpaired) electrons. The summed E-state index contributed by atoms with van der Waals surface area (Å²) >= 11 is 1.71. The van der Waals surface area contributed by atoms with Crippen LogP contribution in [0.15, 0.2) is 29.6 Å². The molecule has 5 aliphatic rings. The molecule has 1 aromatic carbocycles. The van der Waals surface area contributed by atoms with E-state index in [9.17, 15) is 9.59 Å². The Morgan fingerprint density at radius 2 is 1.65 bits per heavy atom. The van der Waals surface area contributed by atoms with Gasteiger partial charge in [-0.15, -0.1) is 11.3 Å². The summed E-state index contributed by atoms with van der Waals surface area (Å²) in [6.07, 6.45) is 9.42. The van der Waals surface area contributed by atoms with E-state index in [1.165, 1.54) is 38.5 Å². The number of thiazole rings is 1. The summed E-state index contributed by atoms with van der Waals surface area (Å²) in [5, 5.41) is 16.3. The third-order valence-corrected chi connectivity index (χ3v) is 9.09. The monoisotopic (exact) mass is 479 g/mol. The molecule has 1 aromatic heterocycles. The lowest BCUT2D eigenvalue weighted by atomic mass is 9.53. The number of nitrogens with zero attached hydrogens (tertiary/aromatic N) is 1. The van der Waals surface area contributed by atoms with Crippen molar-refractivity contribution in [1.29, 1.82) is 0 Å². The van der Waals surface area contributed by atoms with E-state index in [1.54, 1.807) is 11.3 Å². The average Bonchev–Trinajstić information content (AvgIpc) is 3.26. The third-order valence-electron chi connectivity index (χ3n) is 8.19. The van der Waals surface area contributed by atoms with E-state index in [2.05, 4.69) is 26.6 Å². The van der Waals surface area contributed by atoms with Crippen LogP contribution in [0.5, 0.6) is 0 Å². The number of amides is 2. The van der Waals surface area contributed by atoms with Gasteiger partial charge >= 0.3 is 0 Å². The molecule has 1 aliphatic heterocycles. The van der Waals surface area contributed by atoms with Crippen molar-refractivity contribution >= 4 is 34.5 Å². The first-order valence-electron chi connectivity index (χ1n) is 12.6. The first-order chi connectivity index (χ1) is 16.5. The molecular weight excluding hydrogens is 446 g/mol. The molecule has 1 unspecified atom stereocenters. The molecule has 0 spiro atoms. The molecule has 5 fully saturated rings. The number of aromatic nitrogens is 1. The molecule has 4 bridgehead atoms. The van der Waals surface area contributed by atoms with Gasteiger partial charge in [0, 0.05) is 35.3 Å². The Kier molecular flexibility index (Phi) is 5.81. The van der Waals surface area contributed by atoms with Crippen LogP contribution in [-0.2, 0) is 22.7 Å². The lowest BCUT2D eigenvalue weighted by molar-refractivity contribution is -0.133. The fourth-order valence-electron chi connectivity index (χ4n) is 7.01. The summed E-state index contributed by atoms with van der Waals surface area (Å²) in [7, 11) is 0. The number of piperidine rings is 1. The molecule has 8 heteroatoms. The number of imide groups is 1. The highest BCUT2D eigenvalue weighted by Crippen LogP contribution is 2.55. The minimum atomic E-state index is -0.364. The third kappa shape index (κ3) is 4.70. The molecule has 2 aromatic rings.